The maximum Gasteiger partial charge on any atom is 0.387 e. The largest absolute Gasteiger partial charge is 0.481 e. The number of hydrogen-bond acceptors (Lipinski definition) is 3. The van der Waals surface area contributed by atoms with Crippen LogP contribution in [0.15, 0.2) is 18.2 Å². The van der Waals surface area contributed by atoms with Gasteiger partial charge in [-0.15, -0.1) is 0 Å². The van der Waals surface area contributed by atoms with Crippen molar-refractivity contribution < 1.29 is 32.6 Å². The number of carboxylic acid groups (broad SMARTS) is 1. The summed E-state index contributed by atoms with van der Waals surface area (Å²) >= 11 is 0. The van der Waals surface area contributed by atoms with Crippen LogP contribution in [0.2, 0.25) is 0 Å². The summed E-state index contributed by atoms with van der Waals surface area (Å²) in [6.45, 7) is -2.83. The number of amides is 2. The highest BCUT2D eigenvalue weighted by Gasteiger charge is 2.55. The van der Waals surface area contributed by atoms with Crippen LogP contribution in [0.3, 0.4) is 0 Å². The molecule has 2 amide bonds. The van der Waals surface area contributed by atoms with Crippen LogP contribution in [0.4, 0.5) is 23.7 Å². The third-order valence-electron chi connectivity index (χ3n) is 4.99. The van der Waals surface area contributed by atoms with Crippen molar-refractivity contribution in [1.82, 2.24) is 4.90 Å². The zero-order valence-corrected chi connectivity index (χ0v) is 13.2. The number of carbonyl (C=O) groups excluding carboxylic acids is 1. The number of nitrogens with one attached hydrogen (secondary N) is 1. The second kappa shape index (κ2) is 6.45. The van der Waals surface area contributed by atoms with Crippen LogP contribution in [0.5, 0.6) is 5.75 Å². The van der Waals surface area contributed by atoms with Gasteiger partial charge in [-0.2, -0.15) is 8.78 Å². The molecule has 2 fully saturated rings. The van der Waals surface area contributed by atoms with Crippen molar-refractivity contribution in [3.05, 3.63) is 24.0 Å². The van der Waals surface area contributed by atoms with E-state index in [1.807, 2.05) is 0 Å². The van der Waals surface area contributed by atoms with Crippen LogP contribution in [-0.2, 0) is 4.79 Å². The molecule has 1 aromatic carbocycles. The van der Waals surface area contributed by atoms with Crippen molar-refractivity contribution in [2.24, 2.45) is 11.3 Å². The Balaban J connectivity index is 1.75. The Morgan fingerprint density at radius 2 is 2.16 bits per heavy atom. The van der Waals surface area contributed by atoms with Crippen LogP contribution in [0.25, 0.3) is 0 Å². The summed E-state index contributed by atoms with van der Waals surface area (Å²) in [4.78, 5) is 25.4. The van der Waals surface area contributed by atoms with E-state index in [0.717, 1.165) is 31.0 Å². The fourth-order valence-electron chi connectivity index (χ4n) is 3.78. The number of alkyl halides is 2. The quantitative estimate of drug-likeness (QED) is 0.867. The lowest BCUT2D eigenvalue weighted by Gasteiger charge is -2.23. The van der Waals surface area contributed by atoms with Gasteiger partial charge < -0.3 is 20.1 Å². The number of hydrogen-bond donors (Lipinski definition) is 2. The lowest BCUT2D eigenvalue weighted by Crippen LogP contribution is -2.38. The number of urea groups is 1. The molecule has 0 aromatic heterocycles. The molecule has 2 aliphatic rings. The molecule has 1 aliphatic heterocycles. The Kier molecular flexibility index (Phi) is 4.49. The van der Waals surface area contributed by atoms with Crippen LogP contribution in [0.1, 0.15) is 19.3 Å². The number of anilines is 1. The third-order valence-corrected chi connectivity index (χ3v) is 4.99. The molecule has 9 heteroatoms. The van der Waals surface area contributed by atoms with E-state index < -0.39 is 35.6 Å². The second-order valence-corrected chi connectivity index (χ2v) is 6.38. The average Bonchev–Trinajstić information content (AvgIpc) is 3.07. The highest BCUT2D eigenvalue weighted by atomic mass is 19.3. The highest BCUT2D eigenvalue weighted by molar-refractivity contribution is 5.92. The number of nitrogens with zero attached hydrogens (tertiary/aromatic N) is 1. The first-order valence-electron chi connectivity index (χ1n) is 7.85. The van der Waals surface area contributed by atoms with Gasteiger partial charge in [-0.3, -0.25) is 4.79 Å². The number of carbonyl (C=O) groups is 2. The lowest BCUT2D eigenvalue weighted by molar-refractivity contribution is -0.149. The summed E-state index contributed by atoms with van der Waals surface area (Å²) in [5.74, 6) is -2.32. The van der Waals surface area contributed by atoms with Crippen molar-refractivity contribution >= 4 is 17.7 Å². The Morgan fingerprint density at radius 1 is 1.40 bits per heavy atom. The summed E-state index contributed by atoms with van der Waals surface area (Å²) in [7, 11) is 0. The predicted molar refractivity (Wildman–Crippen MR) is 81.0 cm³/mol. The van der Waals surface area contributed by atoms with Gasteiger partial charge in [-0.25, -0.2) is 9.18 Å². The van der Waals surface area contributed by atoms with Gasteiger partial charge in [-0.1, -0.05) is 6.42 Å². The second-order valence-electron chi connectivity index (χ2n) is 6.38. The first-order valence-corrected chi connectivity index (χ1v) is 7.85. The van der Waals surface area contributed by atoms with Gasteiger partial charge in [0.15, 0.2) is 5.75 Å². The summed E-state index contributed by atoms with van der Waals surface area (Å²) in [6.07, 6.45) is 2.04. The minimum absolute atomic E-state index is 0.0606. The molecule has 1 aliphatic carbocycles. The molecular formula is C16H17F3N2O4. The first kappa shape index (κ1) is 17.4. The van der Waals surface area contributed by atoms with E-state index in [9.17, 15) is 27.9 Å². The Bertz CT molecular complexity index is 700. The van der Waals surface area contributed by atoms with Crippen LogP contribution in [-0.4, -0.2) is 41.7 Å². The summed E-state index contributed by atoms with van der Waals surface area (Å²) in [5.41, 5.74) is -1.05. The summed E-state index contributed by atoms with van der Waals surface area (Å²) in [5, 5.41) is 11.9. The van der Waals surface area contributed by atoms with Gasteiger partial charge in [-0.05, 0) is 30.9 Å². The molecular weight excluding hydrogens is 341 g/mol. The molecule has 0 bridgehead atoms. The predicted octanol–water partition coefficient (Wildman–Crippen LogP) is 3.15. The van der Waals surface area contributed by atoms with E-state index in [1.165, 1.54) is 4.90 Å². The maximum atomic E-state index is 13.2. The zero-order chi connectivity index (χ0) is 18.2. The zero-order valence-electron chi connectivity index (χ0n) is 13.2. The number of fused-ring (bicyclic) bond motifs is 1. The highest BCUT2D eigenvalue weighted by Crippen LogP contribution is 2.49. The standard InChI is InChI=1S/C16H17F3N2O4/c17-10-3-4-11(12(6-10)25-14(18)19)20-15(24)21-7-9-2-1-5-16(9,8-21)13(22)23/h3-4,6,9,14H,1-2,5,7-8H2,(H,20,24)(H,22,23)/t9-,16+/m0/s1. The van der Waals surface area contributed by atoms with E-state index in [1.54, 1.807) is 0 Å². The minimum Gasteiger partial charge on any atom is -0.481 e. The van der Waals surface area contributed by atoms with Crippen molar-refractivity contribution in [2.75, 3.05) is 18.4 Å². The van der Waals surface area contributed by atoms with Crippen LogP contribution < -0.4 is 10.1 Å². The molecule has 0 unspecified atom stereocenters. The van der Waals surface area contributed by atoms with E-state index >= 15 is 0 Å². The SMILES string of the molecule is O=C(Nc1ccc(F)cc1OC(F)F)N1C[C@@H]2CCC[C@@]2(C(=O)O)C1. The molecule has 0 radical (unpaired) electrons. The first-order chi connectivity index (χ1) is 11.8. The molecule has 2 atom stereocenters. The smallest absolute Gasteiger partial charge is 0.387 e. The molecule has 1 saturated heterocycles. The van der Waals surface area contributed by atoms with Gasteiger partial charge in [0.2, 0.25) is 0 Å². The monoisotopic (exact) mass is 358 g/mol. The van der Waals surface area contributed by atoms with Crippen LogP contribution in [0, 0.1) is 17.2 Å². The normalized spacial score (nSPS) is 25.1. The van der Waals surface area contributed by atoms with E-state index in [0.29, 0.717) is 6.42 Å². The number of benzene rings is 1. The molecule has 1 aromatic rings. The number of rotatable bonds is 4. The van der Waals surface area contributed by atoms with E-state index in [2.05, 4.69) is 10.1 Å². The average molecular weight is 358 g/mol. The van der Waals surface area contributed by atoms with Gasteiger partial charge >= 0.3 is 18.6 Å². The molecule has 25 heavy (non-hydrogen) atoms. The number of carboxylic acids is 1. The van der Waals surface area contributed by atoms with Gasteiger partial charge in [0.1, 0.15) is 5.82 Å². The van der Waals surface area contributed by atoms with Crippen molar-refractivity contribution in [3.8, 4) is 5.75 Å². The summed E-state index contributed by atoms with van der Waals surface area (Å²) < 4.78 is 42.3. The van der Waals surface area contributed by atoms with Gasteiger partial charge in [0.25, 0.3) is 0 Å². The molecule has 1 heterocycles. The van der Waals surface area contributed by atoms with Crippen molar-refractivity contribution in [3.63, 3.8) is 0 Å². The Morgan fingerprint density at radius 3 is 2.80 bits per heavy atom. The lowest BCUT2D eigenvalue weighted by atomic mass is 9.81. The number of ether oxygens (including phenoxy) is 1. The molecule has 136 valence electrons. The fourth-order valence-corrected chi connectivity index (χ4v) is 3.78. The molecule has 3 rings (SSSR count). The Labute approximate surface area is 141 Å². The topological polar surface area (TPSA) is 78.9 Å². The van der Waals surface area contributed by atoms with Gasteiger partial charge in [0, 0.05) is 19.2 Å². The Hall–Kier alpha value is -2.45. The fraction of sp³-hybridized carbons (Fsp3) is 0.500. The van der Waals surface area contributed by atoms with Crippen LogP contribution >= 0.6 is 0 Å². The number of aliphatic carboxylic acids is 1. The van der Waals surface area contributed by atoms with Gasteiger partial charge in [0.05, 0.1) is 11.1 Å². The minimum atomic E-state index is -3.17. The summed E-state index contributed by atoms with van der Waals surface area (Å²) in [6, 6.07) is 2.25. The molecule has 0 spiro atoms. The van der Waals surface area contributed by atoms with Crippen molar-refractivity contribution in [2.45, 2.75) is 25.9 Å². The number of likely N-dealkylation sites (tertiary alicyclic amines) is 1. The van der Waals surface area contributed by atoms with E-state index in [-0.39, 0.29) is 24.7 Å². The third kappa shape index (κ3) is 3.22. The maximum absolute atomic E-state index is 13.2. The van der Waals surface area contributed by atoms with Crippen molar-refractivity contribution in [1.29, 1.82) is 0 Å². The molecule has 2 N–H and O–H groups in total. The molecule has 6 nitrogen and oxygen atoms in total. The molecule has 1 saturated carbocycles. The van der Waals surface area contributed by atoms with E-state index in [4.69, 9.17) is 0 Å². The number of halogens is 3.